The van der Waals surface area contributed by atoms with Crippen molar-refractivity contribution in [2.45, 2.75) is 19.5 Å². The summed E-state index contributed by atoms with van der Waals surface area (Å²) in [6.45, 7) is 3.07. The van der Waals surface area contributed by atoms with Crippen molar-refractivity contribution in [1.82, 2.24) is 19.9 Å². The molecule has 1 saturated heterocycles. The van der Waals surface area contributed by atoms with E-state index in [-0.39, 0.29) is 17.5 Å². The van der Waals surface area contributed by atoms with E-state index < -0.39 is 9.84 Å². The smallest absolute Gasteiger partial charge is 0.153 e. The fraction of sp³-hybridized carbons (Fsp3) is 0.429. The van der Waals surface area contributed by atoms with Crippen molar-refractivity contribution in [3.05, 3.63) is 41.2 Å². The molecule has 1 aromatic heterocycles. The van der Waals surface area contributed by atoms with Crippen molar-refractivity contribution >= 4 is 21.4 Å². The lowest BCUT2D eigenvalue weighted by Gasteiger charge is -2.32. The Morgan fingerprint density at radius 1 is 1.32 bits per heavy atom. The zero-order valence-electron chi connectivity index (χ0n) is 12.2. The molecule has 2 aromatic rings. The zero-order valence-corrected chi connectivity index (χ0v) is 13.8. The average molecular weight is 341 g/mol. The number of nitrogens with zero attached hydrogens (tertiary/aromatic N) is 4. The van der Waals surface area contributed by atoms with Gasteiger partial charge in [0.1, 0.15) is 0 Å². The summed E-state index contributed by atoms with van der Waals surface area (Å²) in [5.74, 6) is 0.418. The Morgan fingerprint density at radius 3 is 2.73 bits per heavy atom. The SMILES string of the molecule is CC1CS(=O)(=O)CCN1Cc1cn(-c2ccc(Cl)cc2)nn1. The Labute approximate surface area is 134 Å². The first-order valence-corrected chi connectivity index (χ1v) is 9.24. The van der Waals surface area contributed by atoms with E-state index >= 15 is 0 Å². The summed E-state index contributed by atoms with van der Waals surface area (Å²) in [6.07, 6.45) is 1.86. The van der Waals surface area contributed by atoms with Gasteiger partial charge >= 0.3 is 0 Å². The molecule has 1 unspecified atom stereocenters. The minimum absolute atomic E-state index is 0.000526. The third-order valence-electron chi connectivity index (χ3n) is 3.81. The molecule has 0 bridgehead atoms. The molecular formula is C14H17ClN4O2S. The minimum atomic E-state index is -2.89. The van der Waals surface area contributed by atoms with Crippen molar-refractivity contribution in [3.63, 3.8) is 0 Å². The van der Waals surface area contributed by atoms with Gasteiger partial charge in [-0.2, -0.15) is 0 Å². The molecule has 0 N–H and O–H groups in total. The number of sulfone groups is 1. The minimum Gasteiger partial charge on any atom is -0.293 e. The Balaban J connectivity index is 1.71. The summed E-state index contributed by atoms with van der Waals surface area (Å²) in [5.41, 5.74) is 1.71. The number of aromatic nitrogens is 3. The van der Waals surface area contributed by atoms with Crippen LogP contribution in [0.3, 0.4) is 0 Å². The standard InChI is InChI=1S/C14H17ClN4O2S/c1-11-10-22(20,21)7-6-18(11)8-13-9-19(17-16-13)14-4-2-12(15)3-5-14/h2-5,9,11H,6-8,10H2,1H3. The molecule has 0 amide bonds. The quantitative estimate of drug-likeness (QED) is 0.847. The van der Waals surface area contributed by atoms with Crippen LogP contribution in [-0.2, 0) is 16.4 Å². The maximum absolute atomic E-state index is 11.6. The van der Waals surface area contributed by atoms with E-state index in [0.717, 1.165) is 11.4 Å². The van der Waals surface area contributed by atoms with Crippen molar-refractivity contribution in [1.29, 1.82) is 0 Å². The number of rotatable bonds is 3. The third-order valence-corrected chi connectivity index (χ3v) is 5.85. The molecule has 0 aliphatic carbocycles. The largest absolute Gasteiger partial charge is 0.293 e. The Hall–Kier alpha value is -1.44. The van der Waals surface area contributed by atoms with Gasteiger partial charge in [-0.3, -0.25) is 4.90 Å². The van der Waals surface area contributed by atoms with Gasteiger partial charge in [-0.05, 0) is 31.2 Å². The molecule has 118 valence electrons. The summed E-state index contributed by atoms with van der Waals surface area (Å²) in [7, 11) is -2.89. The first-order valence-electron chi connectivity index (χ1n) is 7.04. The first kappa shape index (κ1) is 15.5. The highest BCUT2D eigenvalue weighted by molar-refractivity contribution is 7.91. The van der Waals surface area contributed by atoms with Crippen molar-refractivity contribution in [2.24, 2.45) is 0 Å². The Morgan fingerprint density at radius 2 is 2.05 bits per heavy atom. The lowest BCUT2D eigenvalue weighted by molar-refractivity contribution is 0.215. The number of benzene rings is 1. The van der Waals surface area contributed by atoms with Gasteiger partial charge in [-0.15, -0.1) is 5.10 Å². The summed E-state index contributed by atoms with van der Waals surface area (Å²) in [5, 5.41) is 8.96. The highest BCUT2D eigenvalue weighted by atomic mass is 35.5. The highest BCUT2D eigenvalue weighted by Crippen LogP contribution is 2.16. The summed E-state index contributed by atoms with van der Waals surface area (Å²) >= 11 is 5.87. The van der Waals surface area contributed by atoms with Crippen LogP contribution in [0.2, 0.25) is 5.02 Å². The second-order valence-electron chi connectivity index (χ2n) is 5.56. The summed E-state index contributed by atoms with van der Waals surface area (Å²) in [6, 6.07) is 7.35. The van der Waals surface area contributed by atoms with E-state index in [4.69, 9.17) is 11.6 Å². The van der Waals surface area contributed by atoms with Gasteiger partial charge in [-0.25, -0.2) is 13.1 Å². The van der Waals surface area contributed by atoms with E-state index in [1.165, 1.54) is 0 Å². The molecule has 1 atom stereocenters. The van der Waals surface area contributed by atoms with E-state index in [1.54, 1.807) is 16.8 Å². The molecule has 0 saturated carbocycles. The third kappa shape index (κ3) is 3.48. The first-order chi connectivity index (χ1) is 10.4. The maximum atomic E-state index is 11.6. The van der Waals surface area contributed by atoms with Gasteiger partial charge < -0.3 is 0 Å². The Bertz CT molecular complexity index is 757. The number of hydrogen-bond donors (Lipinski definition) is 0. The Kier molecular flexibility index (Phi) is 4.20. The zero-order chi connectivity index (χ0) is 15.7. The molecule has 1 aromatic carbocycles. The molecule has 8 heteroatoms. The van der Waals surface area contributed by atoms with Crippen molar-refractivity contribution in [3.8, 4) is 5.69 Å². The summed E-state index contributed by atoms with van der Waals surface area (Å²) in [4.78, 5) is 2.12. The van der Waals surface area contributed by atoms with E-state index in [9.17, 15) is 8.42 Å². The molecule has 1 aliphatic rings. The molecule has 6 nitrogen and oxygen atoms in total. The highest BCUT2D eigenvalue weighted by Gasteiger charge is 2.28. The van der Waals surface area contributed by atoms with Gasteiger partial charge in [0.2, 0.25) is 0 Å². The molecular weight excluding hydrogens is 324 g/mol. The molecule has 1 aliphatic heterocycles. The van der Waals surface area contributed by atoms with E-state index in [1.807, 2.05) is 25.3 Å². The van der Waals surface area contributed by atoms with Gasteiger partial charge in [-0.1, -0.05) is 16.8 Å². The van der Waals surface area contributed by atoms with Crippen LogP contribution in [0.25, 0.3) is 5.69 Å². The monoisotopic (exact) mass is 340 g/mol. The molecule has 1 fully saturated rings. The lowest BCUT2D eigenvalue weighted by atomic mass is 10.3. The normalized spacial score (nSPS) is 21.8. The molecule has 0 radical (unpaired) electrons. The average Bonchev–Trinajstić information content (AvgIpc) is 2.91. The van der Waals surface area contributed by atoms with Gasteiger partial charge in [0.15, 0.2) is 9.84 Å². The molecule has 22 heavy (non-hydrogen) atoms. The number of halogens is 1. The fourth-order valence-corrected chi connectivity index (χ4v) is 4.32. The van der Waals surface area contributed by atoms with Crippen LogP contribution in [0.15, 0.2) is 30.5 Å². The topological polar surface area (TPSA) is 68.1 Å². The molecule has 3 rings (SSSR count). The summed E-state index contributed by atoms with van der Waals surface area (Å²) < 4.78 is 24.9. The van der Waals surface area contributed by atoms with E-state index in [0.29, 0.717) is 18.1 Å². The lowest BCUT2D eigenvalue weighted by Crippen LogP contribution is -2.46. The molecule has 2 heterocycles. The second kappa shape index (κ2) is 5.98. The van der Waals surface area contributed by atoms with Crippen LogP contribution in [0.5, 0.6) is 0 Å². The predicted molar refractivity (Wildman–Crippen MR) is 84.9 cm³/mol. The fourth-order valence-electron chi connectivity index (χ4n) is 2.57. The van der Waals surface area contributed by atoms with Crippen LogP contribution < -0.4 is 0 Å². The number of hydrogen-bond acceptors (Lipinski definition) is 5. The maximum Gasteiger partial charge on any atom is 0.153 e. The van der Waals surface area contributed by atoms with Crippen molar-refractivity contribution < 1.29 is 8.42 Å². The van der Waals surface area contributed by atoms with Crippen molar-refractivity contribution in [2.75, 3.05) is 18.1 Å². The molecule has 0 spiro atoms. The van der Waals surface area contributed by atoms with Gasteiger partial charge in [0.25, 0.3) is 0 Å². The van der Waals surface area contributed by atoms with Crippen LogP contribution in [0, 0.1) is 0 Å². The van der Waals surface area contributed by atoms with Crippen LogP contribution in [-0.4, -0.2) is 52.4 Å². The van der Waals surface area contributed by atoms with E-state index in [2.05, 4.69) is 15.2 Å². The second-order valence-corrected chi connectivity index (χ2v) is 8.23. The van der Waals surface area contributed by atoms with Gasteiger partial charge in [0, 0.05) is 24.2 Å². The van der Waals surface area contributed by atoms with Crippen LogP contribution in [0.1, 0.15) is 12.6 Å². The van der Waals surface area contributed by atoms with Crippen LogP contribution >= 0.6 is 11.6 Å². The van der Waals surface area contributed by atoms with Crippen LogP contribution in [0.4, 0.5) is 0 Å². The predicted octanol–water partition coefficient (Wildman–Crippen LogP) is 1.54. The van der Waals surface area contributed by atoms with Gasteiger partial charge in [0.05, 0.1) is 29.1 Å².